The van der Waals surface area contributed by atoms with Gasteiger partial charge in [-0.15, -0.1) is 0 Å². The Labute approximate surface area is 176 Å². The first-order chi connectivity index (χ1) is 13.8. The average Bonchev–Trinajstić information content (AvgIpc) is 3.32. The standard InChI is InChI=1S/C22H25NO5Se/c1-23-18(25)16-11-14(12-21(20(27)28-2)10-6-9-17(21)24)13-22(16,19(23)26)29-15-7-4-3-5-8-15/h3-5,7-8,14,16H,6,9-13H2,1-2H3/t14-,16-,21?,22+/m0/s1. The number of fused-ring (bicyclic) bond motifs is 1. The molecule has 1 aromatic rings. The quantitative estimate of drug-likeness (QED) is 0.287. The second-order valence-corrected chi connectivity index (χ2v) is 11.4. The molecule has 6 nitrogen and oxygen atoms in total. The maximum atomic E-state index is 13.2. The number of likely N-dealkylation sites (tertiary alicyclic amines) is 1. The van der Waals surface area contributed by atoms with Crippen molar-refractivity contribution in [3.05, 3.63) is 30.3 Å². The van der Waals surface area contributed by atoms with Gasteiger partial charge in [0.05, 0.1) is 0 Å². The summed E-state index contributed by atoms with van der Waals surface area (Å²) in [5.74, 6) is -1.14. The number of imide groups is 1. The van der Waals surface area contributed by atoms with Gasteiger partial charge in [-0.2, -0.15) is 0 Å². The molecule has 0 aromatic heterocycles. The number of carbonyl (C=O) groups excluding carboxylic acids is 4. The predicted octanol–water partition coefficient (Wildman–Crippen LogP) is 1.50. The molecule has 0 spiro atoms. The van der Waals surface area contributed by atoms with Crippen molar-refractivity contribution in [2.24, 2.45) is 17.3 Å². The van der Waals surface area contributed by atoms with Gasteiger partial charge in [-0.3, -0.25) is 0 Å². The van der Waals surface area contributed by atoms with Crippen LogP contribution in [-0.2, 0) is 23.9 Å². The van der Waals surface area contributed by atoms with E-state index in [-0.39, 0.29) is 44.4 Å². The SMILES string of the molecule is COC(=O)C1(C[C@@H]2C[C@H]3C(=O)N(C)C(=O)[C@@]3([Se]c3ccccc3)C2)CCCC1=O. The zero-order chi connectivity index (χ0) is 20.8. The van der Waals surface area contributed by atoms with Crippen LogP contribution in [0.15, 0.2) is 30.3 Å². The number of methoxy groups -OCH3 is 1. The molecule has 4 atom stereocenters. The minimum atomic E-state index is -1.10. The Balaban J connectivity index is 1.64. The van der Waals surface area contributed by atoms with Crippen LogP contribution in [0.3, 0.4) is 0 Å². The third-order valence-corrected chi connectivity index (χ3v) is 9.96. The first-order valence-corrected chi connectivity index (χ1v) is 11.7. The summed E-state index contributed by atoms with van der Waals surface area (Å²) in [7, 11) is 2.89. The summed E-state index contributed by atoms with van der Waals surface area (Å²) >= 11 is -0.205. The van der Waals surface area contributed by atoms with Gasteiger partial charge in [0.1, 0.15) is 0 Å². The van der Waals surface area contributed by atoms with E-state index in [1.165, 1.54) is 12.0 Å². The molecule has 1 unspecified atom stereocenters. The Morgan fingerprint density at radius 1 is 1.24 bits per heavy atom. The van der Waals surface area contributed by atoms with Crippen LogP contribution >= 0.6 is 0 Å². The van der Waals surface area contributed by atoms with Crippen molar-refractivity contribution in [3.63, 3.8) is 0 Å². The summed E-state index contributed by atoms with van der Waals surface area (Å²) in [5, 5.41) is 0. The van der Waals surface area contributed by atoms with Crippen LogP contribution < -0.4 is 4.46 Å². The summed E-state index contributed by atoms with van der Waals surface area (Å²) in [6, 6.07) is 9.84. The molecule has 7 heteroatoms. The van der Waals surface area contributed by atoms with Crippen LogP contribution in [0, 0.1) is 17.3 Å². The third kappa shape index (κ3) is 3.06. The Bertz CT molecular complexity index is 871. The maximum absolute atomic E-state index is 13.2. The number of Topliss-reactive ketones (excluding diaryl/α,β-unsaturated/α-hetero) is 1. The van der Waals surface area contributed by atoms with E-state index < -0.39 is 15.7 Å². The Morgan fingerprint density at radius 3 is 2.59 bits per heavy atom. The number of hydrogen-bond acceptors (Lipinski definition) is 5. The Hall–Kier alpha value is -1.98. The van der Waals surface area contributed by atoms with Crippen molar-refractivity contribution in [2.45, 2.75) is 42.8 Å². The normalized spacial score (nSPS) is 34.0. The van der Waals surface area contributed by atoms with Gasteiger partial charge in [0.25, 0.3) is 0 Å². The molecule has 1 heterocycles. The molecule has 2 saturated carbocycles. The fourth-order valence-electron chi connectivity index (χ4n) is 5.48. The van der Waals surface area contributed by atoms with Crippen LogP contribution in [0.1, 0.15) is 38.5 Å². The second kappa shape index (κ2) is 7.37. The fraction of sp³-hybridized carbons (Fsp3) is 0.545. The van der Waals surface area contributed by atoms with E-state index in [0.717, 1.165) is 4.46 Å². The number of rotatable bonds is 5. The summed E-state index contributed by atoms with van der Waals surface area (Å²) in [6.45, 7) is 0. The summed E-state index contributed by atoms with van der Waals surface area (Å²) in [5.41, 5.74) is -1.10. The van der Waals surface area contributed by atoms with Gasteiger partial charge in [-0.25, -0.2) is 0 Å². The van der Waals surface area contributed by atoms with E-state index in [2.05, 4.69) is 0 Å². The molecule has 3 aliphatic rings. The molecule has 1 aromatic carbocycles. The number of ketones is 1. The molecule has 1 saturated heterocycles. The molecule has 3 fully saturated rings. The van der Waals surface area contributed by atoms with Crippen molar-refractivity contribution < 1.29 is 23.9 Å². The van der Waals surface area contributed by atoms with Crippen molar-refractivity contribution in [2.75, 3.05) is 14.2 Å². The van der Waals surface area contributed by atoms with E-state index in [4.69, 9.17) is 4.74 Å². The number of ether oxygens (including phenoxy) is 1. The molecule has 0 radical (unpaired) electrons. The van der Waals surface area contributed by atoms with Crippen molar-refractivity contribution in [1.29, 1.82) is 0 Å². The first kappa shape index (κ1) is 20.3. The van der Waals surface area contributed by atoms with Crippen LogP contribution in [0.2, 0.25) is 4.31 Å². The number of benzene rings is 1. The van der Waals surface area contributed by atoms with Gasteiger partial charge < -0.3 is 0 Å². The van der Waals surface area contributed by atoms with E-state index in [1.807, 2.05) is 30.3 Å². The molecular weight excluding hydrogens is 437 g/mol. The van der Waals surface area contributed by atoms with E-state index in [9.17, 15) is 19.2 Å². The Kier molecular flexibility index (Phi) is 5.16. The fourth-order valence-corrected chi connectivity index (χ4v) is 8.83. The molecule has 0 N–H and O–H groups in total. The molecular formula is C22H25NO5Se. The molecule has 2 amide bonds. The van der Waals surface area contributed by atoms with Gasteiger partial charge in [0.2, 0.25) is 0 Å². The number of hydrogen-bond donors (Lipinski definition) is 0. The summed E-state index contributed by atoms with van der Waals surface area (Å²) in [6.07, 6.45) is 3.06. The van der Waals surface area contributed by atoms with Gasteiger partial charge in [0, 0.05) is 0 Å². The van der Waals surface area contributed by atoms with Gasteiger partial charge in [0.15, 0.2) is 0 Å². The van der Waals surface area contributed by atoms with Crippen molar-refractivity contribution >= 4 is 43.0 Å². The summed E-state index contributed by atoms with van der Waals surface area (Å²) in [4.78, 5) is 52.5. The van der Waals surface area contributed by atoms with E-state index >= 15 is 0 Å². The topological polar surface area (TPSA) is 80.8 Å². The molecule has 2 aliphatic carbocycles. The first-order valence-electron chi connectivity index (χ1n) is 10.0. The molecule has 1 aliphatic heterocycles. The van der Waals surface area contributed by atoms with Crippen LogP contribution in [-0.4, -0.2) is 57.6 Å². The van der Waals surface area contributed by atoms with Crippen LogP contribution in [0.4, 0.5) is 0 Å². The number of esters is 1. The number of amides is 2. The zero-order valence-corrected chi connectivity index (χ0v) is 18.4. The predicted molar refractivity (Wildman–Crippen MR) is 106 cm³/mol. The van der Waals surface area contributed by atoms with Crippen LogP contribution in [0.25, 0.3) is 0 Å². The second-order valence-electron chi connectivity index (χ2n) is 8.42. The molecule has 29 heavy (non-hydrogen) atoms. The van der Waals surface area contributed by atoms with Crippen LogP contribution in [0.5, 0.6) is 0 Å². The van der Waals surface area contributed by atoms with Gasteiger partial charge in [-0.05, 0) is 0 Å². The average molecular weight is 462 g/mol. The Morgan fingerprint density at radius 2 is 1.97 bits per heavy atom. The molecule has 0 bridgehead atoms. The van der Waals surface area contributed by atoms with E-state index in [1.54, 1.807) is 7.05 Å². The number of carbonyl (C=O) groups is 4. The third-order valence-electron chi connectivity index (χ3n) is 6.82. The van der Waals surface area contributed by atoms with Crippen molar-refractivity contribution in [3.8, 4) is 0 Å². The molecule has 154 valence electrons. The molecule has 4 rings (SSSR count). The monoisotopic (exact) mass is 463 g/mol. The minimum absolute atomic E-state index is 0.0201. The number of nitrogens with zero attached hydrogens (tertiary/aromatic N) is 1. The van der Waals surface area contributed by atoms with Gasteiger partial charge >= 0.3 is 176 Å². The summed E-state index contributed by atoms with van der Waals surface area (Å²) < 4.78 is 5.36. The van der Waals surface area contributed by atoms with E-state index in [0.29, 0.717) is 38.5 Å². The van der Waals surface area contributed by atoms with Crippen molar-refractivity contribution in [1.82, 2.24) is 4.90 Å². The zero-order valence-electron chi connectivity index (χ0n) is 16.7. The van der Waals surface area contributed by atoms with Gasteiger partial charge in [-0.1, -0.05) is 0 Å².